The van der Waals surface area contributed by atoms with Crippen LogP contribution in [0.15, 0.2) is 34.7 Å². The number of hydrogen-bond acceptors (Lipinski definition) is 3. The van der Waals surface area contributed by atoms with Crippen LogP contribution in [0, 0.1) is 12.7 Å². The number of carbonyl (C=O) groups is 1. The van der Waals surface area contributed by atoms with E-state index in [2.05, 4.69) is 0 Å². The molecule has 0 bridgehead atoms. The molecule has 0 atom stereocenters. The lowest BCUT2D eigenvalue weighted by molar-refractivity contribution is 0.0659. The normalized spacial score (nSPS) is 10.6. The zero-order valence-electron chi connectivity index (χ0n) is 11.4. The summed E-state index contributed by atoms with van der Waals surface area (Å²) in [6, 6.07) is 7.98. The van der Waals surface area contributed by atoms with Crippen molar-refractivity contribution >= 4 is 11.7 Å². The van der Waals surface area contributed by atoms with E-state index in [1.165, 1.54) is 12.1 Å². The van der Waals surface area contributed by atoms with E-state index in [1.54, 1.807) is 25.1 Å². The monoisotopic (exact) mass is 277 g/mol. The number of halogens is 1. The maximum Gasteiger partial charge on any atom is 0.372 e. The van der Waals surface area contributed by atoms with Gasteiger partial charge in [0, 0.05) is 17.8 Å². The topological polar surface area (TPSA) is 53.7 Å². The molecule has 0 aliphatic heterocycles. The fraction of sp³-hybridized carbons (Fsp3) is 0.267. The first-order valence-electron chi connectivity index (χ1n) is 6.34. The lowest BCUT2D eigenvalue weighted by Crippen LogP contribution is -2.21. The first-order chi connectivity index (χ1) is 9.51. The Balaban J connectivity index is 2.22. The fourth-order valence-electron chi connectivity index (χ4n) is 2.08. The number of anilines is 1. The maximum atomic E-state index is 13.2. The van der Waals surface area contributed by atoms with Crippen LogP contribution in [0.5, 0.6) is 0 Å². The molecule has 0 aliphatic carbocycles. The molecular formula is C15H16FNO3. The summed E-state index contributed by atoms with van der Waals surface area (Å²) in [5.41, 5.74) is 1.32. The van der Waals surface area contributed by atoms with E-state index in [0.29, 0.717) is 24.4 Å². The van der Waals surface area contributed by atoms with E-state index < -0.39 is 5.97 Å². The molecule has 0 saturated carbocycles. The van der Waals surface area contributed by atoms with Gasteiger partial charge in [0.05, 0.1) is 6.54 Å². The highest BCUT2D eigenvalue weighted by molar-refractivity contribution is 5.86. The molecule has 106 valence electrons. The van der Waals surface area contributed by atoms with Crippen molar-refractivity contribution in [2.75, 3.05) is 11.4 Å². The maximum absolute atomic E-state index is 13.2. The van der Waals surface area contributed by atoms with Crippen LogP contribution in [0.1, 0.15) is 28.8 Å². The summed E-state index contributed by atoms with van der Waals surface area (Å²) in [4.78, 5) is 12.9. The Bertz CT molecular complexity index is 621. The predicted octanol–water partition coefficient (Wildman–Crippen LogP) is 3.45. The summed E-state index contributed by atoms with van der Waals surface area (Å²) in [5.74, 6) is -0.883. The van der Waals surface area contributed by atoms with E-state index in [9.17, 15) is 9.18 Å². The van der Waals surface area contributed by atoms with E-state index in [4.69, 9.17) is 9.52 Å². The van der Waals surface area contributed by atoms with E-state index in [1.807, 2.05) is 11.8 Å². The standard InChI is InChI=1S/C15H16FNO3/c1-3-17(12-6-4-5-11(16)8-12)9-13-7-10(2)14(20-13)15(18)19/h4-8H,3,9H2,1-2H3,(H,18,19). The van der Waals surface area contributed by atoms with Crippen LogP contribution in [-0.4, -0.2) is 17.6 Å². The second-order valence-corrected chi connectivity index (χ2v) is 4.52. The Morgan fingerprint density at radius 3 is 2.70 bits per heavy atom. The van der Waals surface area contributed by atoms with Crippen LogP contribution >= 0.6 is 0 Å². The Labute approximate surface area is 116 Å². The minimum absolute atomic E-state index is 0.0460. The van der Waals surface area contributed by atoms with Gasteiger partial charge >= 0.3 is 5.97 Å². The molecule has 0 fully saturated rings. The molecule has 0 saturated heterocycles. The summed E-state index contributed by atoms with van der Waals surface area (Å²) < 4.78 is 18.6. The second-order valence-electron chi connectivity index (χ2n) is 4.52. The van der Waals surface area contributed by atoms with Gasteiger partial charge in [-0.1, -0.05) is 6.07 Å². The Morgan fingerprint density at radius 2 is 2.15 bits per heavy atom. The summed E-state index contributed by atoms with van der Waals surface area (Å²) in [7, 11) is 0. The predicted molar refractivity (Wildman–Crippen MR) is 73.5 cm³/mol. The zero-order valence-corrected chi connectivity index (χ0v) is 11.4. The molecule has 0 amide bonds. The number of carboxylic acid groups (broad SMARTS) is 1. The van der Waals surface area contributed by atoms with Crippen molar-refractivity contribution in [3.05, 3.63) is 53.2 Å². The highest BCUT2D eigenvalue weighted by atomic mass is 19.1. The van der Waals surface area contributed by atoms with Crippen molar-refractivity contribution in [2.24, 2.45) is 0 Å². The molecule has 0 unspecified atom stereocenters. The Hall–Kier alpha value is -2.30. The zero-order chi connectivity index (χ0) is 14.7. The number of hydrogen-bond donors (Lipinski definition) is 1. The average Bonchev–Trinajstić information content (AvgIpc) is 2.77. The van der Waals surface area contributed by atoms with E-state index in [-0.39, 0.29) is 11.6 Å². The largest absolute Gasteiger partial charge is 0.475 e. The van der Waals surface area contributed by atoms with Gasteiger partial charge in [0.25, 0.3) is 0 Å². The molecule has 1 aromatic heterocycles. The molecule has 4 nitrogen and oxygen atoms in total. The van der Waals surface area contributed by atoms with Gasteiger partial charge in [-0.05, 0) is 38.1 Å². The van der Waals surface area contributed by atoms with Crippen LogP contribution in [0.25, 0.3) is 0 Å². The van der Waals surface area contributed by atoms with Crippen molar-refractivity contribution in [2.45, 2.75) is 20.4 Å². The lowest BCUT2D eigenvalue weighted by atomic mass is 10.2. The first kappa shape index (κ1) is 14.1. The summed E-state index contributed by atoms with van der Waals surface area (Å²) in [5, 5.41) is 8.97. The SMILES string of the molecule is CCN(Cc1cc(C)c(C(=O)O)o1)c1cccc(F)c1. The van der Waals surface area contributed by atoms with Crippen LogP contribution in [0.4, 0.5) is 10.1 Å². The quantitative estimate of drug-likeness (QED) is 0.909. The molecule has 5 heteroatoms. The van der Waals surface area contributed by atoms with Gasteiger partial charge in [0.1, 0.15) is 11.6 Å². The molecule has 0 spiro atoms. The molecule has 2 rings (SSSR count). The van der Waals surface area contributed by atoms with Gasteiger partial charge in [0.2, 0.25) is 5.76 Å². The highest BCUT2D eigenvalue weighted by Gasteiger charge is 2.16. The minimum Gasteiger partial charge on any atom is -0.475 e. The van der Waals surface area contributed by atoms with Gasteiger partial charge in [-0.3, -0.25) is 0 Å². The number of rotatable bonds is 5. The number of carboxylic acids is 1. The smallest absolute Gasteiger partial charge is 0.372 e. The van der Waals surface area contributed by atoms with Gasteiger partial charge in [0.15, 0.2) is 0 Å². The summed E-state index contributed by atoms with van der Waals surface area (Å²) in [6.07, 6.45) is 0. The minimum atomic E-state index is -1.08. The third-order valence-electron chi connectivity index (χ3n) is 3.06. The van der Waals surface area contributed by atoms with Gasteiger partial charge in [-0.2, -0.15) is 0 Å². The van der Waals surface area contributed by atoms with Crippen LogP contribution < -0.4 is 4.90 Å². The van der Waals surface area contributed by atoms with E-state index >= 15 is 0 Å². The number of aryl methyl sites for hydroxylation is 1. The number of nitrogens with zero attached hydrogens (tertiary/aromatic N) is 1. The Morgan fingerprint density at radius 1 is 1.40 bits per heavy atom. The van der Waals surface area contributed by atoms with Crippen molar-refractivity contribution in [3.63, 3.8) is 0 Å². The second kappa shape index (κ2) is 5.77. The number of aromatic carboxylic acids is 1. The molecule has 1 heterocycles. The first-order valence-corrected chi connectivity index (χ1v) is 6.34. The highest BCUT2D eigenvalue weighted by Crippen LogP contribution is 2.21. The van der Waals surface area contributed by atoms with Crippen molar-refractivity contribution < 1.29 is 18.7 Å². The molecule has 1 aromatic carbocycles. The van der Waals surface area contributed by atoms with Crippen LogP contribution in [-0.2, 0) is 6.54 Å². The third kappa shape index (κ3) is 2.99. The van der Waals surface area contributed by atoms with Crippen molar-refractivity contribution in [1.82, 2.24) is 0 Å². The number of furan rings is 1. The van der Waals surface area contributed by atoms with Gasteiger partial charge in [-0.15, -0.1) is 0 Å². The van der Waals surface area contributed by atoms with E-state index in [0.717, 1.165) is 5.69 Å². The Kier molecular flexibility index (Phi) is 4.08. The van der Waals surface area contributed by atoms with Gasteiger partial charge in [-0.25, -0.2) is 9.18 Å². The van der Waals surface area contributed by atoms with Crippen LogP contribution in [0.3, 0.4) is 0 Å². The van der Waals surface area contributed by atoms with Gasteiger partial charge < -0.3 is 14.4 Å². The van der Waals surface area contributed by atoms with Crippen molar-refractivity contribution in [3.8, 4) is 0 Å². The third-order valence-corrected chi connectivity index (χ3v) is 3.06. The summed E-state index contributed by atoms with van der Waals surface area (Å²) >= 11 is 0. The molecule has 20 heavy (non-hydrogen) atoms. The average molecular weight is 277 g/mol. The summed E-state index contributed by atoms with van der Waals surface area (Å²) in [6.45, 7) is 4.69. The lowest BCUT2D eigenvalue weighted by Gasteiger charge is -2.21. The fourth-order valence-corrected chi connectivity index (χ4v) is 2.08. The molecule has 0 radical (unpaired) electrons. The molecule has 0 aliphatic rings. The van der Waals surface area contributed by atoms with Crippen LogP contribution in [0.2, 0.25) is 0 Å². The molecule has 2 aromatic rings. The van der Waals surface area contributed by atoms with Crippen molar-refractivity contribution in [1.29, 1.82) is 0 Å². The molecule has 1 N–H and O–H groups in total. The number of benzene rings is 1. The molecular weight excluding hydrogens is 261 g/mol.